The van der Waals surface area contributed by atoms with E-state index in [1.54, 1.807) is 41.9 Å². The van der Waals surface area contributed by atoms with E-state index in [-0.39, 0.29) is 18.3 Å². The van der Waals surface area contributed by atoms with E-state index < -0.39 is 5.82 Å². The molecule has 6 heteroatoms. The number of hydrogen-bond acceptors (Lipinski definition) is 3. The molecule has 0 atom stereocenters. The Labute approximate surface area is 129 Å². The zero-order chi connectivity index (χ0) is 16.3. The number of aryl methyl sites for hydroxylation is 2. The molecule has 0 aliphatic heterocycles. The van der Waals surface area contributed by atoms with Crippen LogP contribution in [0.5, 0.6) is 5.75 Å². The van der Waals surface area contributed by atoms with Crippen LogP contribution in [0.2, 0.25) is 0 Å². The standard InChI is InChI=1S/C16H20FN3O2/c1-11-15(12(2)20(4)18-11)16(21)19(3)9-10-22-14-8-6-5-7-13(14)17/h5-8H,9-10H2,1-4H3. The number of carbonyl (C=O) groups excluding carboxylic acids is 1. The molecule has 0 aliphatic carbocycles. The van der Waals surface area contributed by atoms with Crippen molar-refractivity contribution in [1.29, 1.82) is 0 Å². The van der Waals surface area contributed by atoms with Crippen LogP contribution in [0.1, 0.15) is 21.7 Å². The molecule has 5 nitrogen and oxygen atoms in total. The van der Waals surface area contributed by atoms with E-state index in [9.17, 15) is 9.18 Å². The molecule has 0 aliphatic rings. The molecule has 0 N–H and O–H groups in total. The third-order valence-corrected chi connectivity index (χ3v) is 3.59. The maximum Gasteiger partial charge on any atom is 0.257 e. The van der Waals surface area contributed by atoms with Crippen molar-refractivity contribution in [3.05, 3.63) is 47.0 Å². The van der Waals surface area contributed by atoms with Gasteiger partial charge in [0.05, 0.1) is 17.8 Å². The second-order valence-corrected chi connectivity index (χ2v) is 5.18. The quantitative estimate of drug-likeness (QED) is 0.852. The van der Waals surface area contributed by atoms with Crippen LogP contribution < -0.4 is 4.74 Å². The molecular formula is C16H20FN3O2. The molecule has 0 saturated heterocycles. The lowest BCUT2D eigenvalue weighted by molar-refractivity contribution is 0.0771. The van der Waals surface area contributed by atoms with Gasteiger partial charge in [-0.1, -0.05) is 12.1 Å². The van der Waals surface area contributed by atoms with Gasteiger partial charge in [-0.25, -0.2) is 4.39 Å². The maximum atomic E-state index is 13.4. The minimum absolute atomic E-state index is 0.111. The van der Waals surface area contributed by atoms with Crippen LogP contribution in [0.4, 0.5) is 4.39 Å². The molecule has 0 fully saturated rings. The summed E-state index contributed by atoms with van der Waals surface area (Å²) >= 11 is 0. The number of likely N-dealkylation sites (N-methyl/N-ethyl adjacent to an activating group) is 1. The van der Waals surface area contributed by atoms with Crippen LogP contribution in [-0.4, -0.2) is 40.8 Å². The van der Waals surface area contributed by atoms with Gasteiger partial charge in [-0.3, -0.25) is 9.48 Å². The van der Waals surface area contributed by atoms with E-state index in [1.165, 1.54) is 6.07 Å². The van der Waals surface area contributed by atoms with E-state index in [4.69, 9.17) is 4.74 Å². The fourth-order valence-corrected chi connectivity index (χ4v) is 2.23. The topological polar surface area (TPSA) is 47.4 Å². The minimum Gasteiger partial charge on any atom is -0.489 e. The summed E-state index contributed by atoms with van der Waals surface area (Å²) in [6, 6.07) is 6.21. The smallest absolute Gasteiger partial charge is 0.257 e. The predicted molar refractivity (Wildman–Crippen MR) is 81.5 cm³/mol. The second kappa shape index (κ2) is 6.60. The number of halogens is 1. The highest BCUT2D eigenvalue weighted by Gasteiger charge is 2.20. The Kier molecular flexibility index (Phi) is 4.80. The van der Waals surface area contributed by atoms with Crippen molar-refractivity contribution in [3.63, 3.8) is 0 Å². The zero-order valence-corrected chi connectivity index (χ0v) is 13.3. The van der Waals surface area contributed by atoms with E-state index in [1.807, 2.05) is 13.8 Å². The van der Waals surface area contributed by atoms with Crippen molar-refractivity contribution in [2.75, 3.05) is 20.2 Å². The van der Waals surface area contributed by atoms with Gasteiger partial charge in [0.1, 0.15) is 6.61 Å². The number of aromatic nitrogens is 2. The number of para-hydroxylation sites is 1. The molecular weight excluding hydrogens is 285 g/mol. The van der Waals surface area contributed by atoms with Crippen molar-refractivity contribution in [2.45, 2.75) is 13.8 Å². The highest BCUT2D eigenvalue weighted by molar-refractivity contribution is 5.96. The maximum absolute atomic E-state index is 13.4. The molecule has 2 rings (SSSR count). The van der Waals surface area contributed by atoms with Crippen LogP contribution in [0.3, 0.4) is 0 Å². The molecule has 0 radical (unpaired) electrons. The van der Waals surface area contributed by atoms with Gasteiger partial charge < -0.3 is 9.64 Å². The molecule has 1 aromatic carbocycles. The van der Waals surface area contributed by atoms with Crippen molar-refractivity contribution in [3.8, 4) is 5.75 Å². The van der Waals surface area contributed by atoms with Crippen LogP contribution in [0, 0.1) is 19.7 Å². The van der Waals surface area contributed by atoms with Gasteiger partial charge in [-0.15, -0.1) is 0 Å². The van der Waals surface area contributed by atoms with Crippen molar-refractivity contribution >= 4 is 5.91 Å². The van der Waals surface area contributed by atoms with Gasteiger partial charge in [0, 0.05) is 19.8 Å². The van der Waals surface area contributed by atoms with Gasteiger partial charge in [-0.2, -0.15) is 5.10 Å². The molecule has 0 unspecified atom stereocenters. The fourth-order valence-electron chi connectivity index (χ4n) is 2.23. The summed E-state index contributed by atoms with van der Waals surface area (Å²) in [5, 5.41) is 4.24. The molecule has 2 aromatic rings. The third-order valence-electron chi connectivity index (χ3n) is 3.59. The van der Waals surface area contributed by atoms with Crippen molar-refractivity contribution < 1.29 is 13.9 Å². The molecule has 22 heavy (non-hydrogen) atoms. The molecule has 0 saturated carbocycles. The van der Waals surface area contributed by atoms with Crippen molar-refractivity contribution in [2.24, 2.45) is 7.05 Å². The first-order valence-corrected chi connectivity index (χ1v) is 7.04. The average molecular weight is 305 g/mol. The SMILES string of the molecule is Cc1nn(C)c(C)c1C(=O)N(C)CCOc1ccccc1F. The van der Waals surface area contributed by atoms with Gasteiger partial charge in [0.25, 0.3) is 5.91 Å². The van der Waals surface area contributed by atoms with Crippen LogP contribution in [0.25, 0.3) is 0 Å². The summed E-state index contributed by atoms with van der Waals surface area (Å²) in [6.45, 7) is 4.25. The Morgan fingerprint density at radius 1 is 1.36 bits per heavy atom. The Morgan fingerprint density at radius 3 is 2.64 bits per heavy atom. The van der Waals surface area contributed by atoms with E-state index in [0.717, 1.165) is 5.69 Å². The summed E-state index contributed by atoms with van der Waals surface area (Å²) in [6.07, 6.45) is 0. The van der Waals surface area contributed by atoms with Crippen LogP contribution in [-0.2, 0) is 7.05 Å². The Balaban J connectivity index is 1.96. The molecule has 118 valence electrons. The Bertz CT molecular complexity index is 682. The number of nitrogens with zero attached hydrogens (tertiary/aromatic N) is 3. The summed E-state index contributed by atoms with van der Waals surface area (Å²) in [4.78, 5) is 14.0. The molecule has 0 bridgehead atoms. The van der Waals surface area contributed by atoms with Crippen LogP contribution in [0.15, 0.2) is 24.3 Å². The average Bonchev–Trinajstić information content (AvgIpc) is 2.73. The van der Waals surface area contributed by atoms with Crippen LogP contribution >= 0.6 is 0 Å². The lowest BCUT2D eigenvalue weighted by Gasteiger charge is -2.18. The fraction of sp³-hybridized carbons (Fsp3) is 0.375. The predicted octanol–water partition coefficient (Wildman–Crippen LogP) is 2.33. The first-order chi connectivity index (χ1) is 10.4. The Hall–Kier alpha value is -2.37. The number of carbonyl (C=O) groups is 1. The van der Waals surface area contributed by atoms with E-state index in [2.05, 4.69) is 5.10 Å². The summed E-state index contributed by atoms with van der Waals surface area (Å²) in [7, 11) is 3.50. The summed E-state index contributed by atoms with van der Waals surface area (Å²) < 4.78 is 20.5. The normalized spacial score (nSPS) is 10.6. The molecule has 1 amide bonds. The van der Waals surface area contributed by atoms with Gasteiger partial charge in [-0.05, 0) is 26.0 Å². The minimum atomic E-state index is -0.407. The summed E-state index contributed by atoms with van der Waals surface area (Å²) in [5.41, 5.74) is 2.13. The molecule has 0 spiro atoms. The van der Waals surface area contributed by atoms with E-state index >= 15 is 0 Å². The first kappa shape index (κ1) is 16.0. The largest absolute Gasteiger partial charge is 0.489 e. The highest BCUT2D eigenvalue weighted by atomic mass is 19.1. The number of rotatable bonds is 5. The van der Waals surface area contributed by atoms with Gasteiger partial charge in [0.15, 0.2) is 11.6 Å². The van der Waals surface area contributed by atoms with Gasteiger partial charge >= 0.3 is 0 Å². The lowest BCUT2D eigenvalue weighted by Crippen LogP contribution is -2.31. The monoisotopic (exact) mass is 305 g/mol. The molecule has 1 aromatic heterocycles. The highest BCUT2D eigenvalue weighted by Crippen LogP contribution is 2.16. The number of amides is 1. The van der Waals surface area contributed by atoms with Gasteiger partial charge in [0.2, 0.25) is 0 Å². The number of hydrogen-bond donors (Lipinski definition) is 0. The molecule has 1 heterocycles. The Morgan fingerprint density at radius 2 is 2.05 bits per heavy atom. The second-order valence-electron chi connectivity index (χ2n) is 5.18. The van der Waals surface area contributed by atoms with E-state index in [0.29, 0.717) is 17.8 Å². The zero-order valence-electron chi connectivity index (χ0n) is 13.3. The van der Waals surface area contributed by atoms with Crippen molar-refractivity contribution in [1.82, 2.24) is 14.7 Å². The number of benzene rings is 1. The number of ether oxygens (including phenoxy) is 1. The lowest BCUT2D eigenvalue weighted by atomic mass is 10.2. The first-order valence-electron chi connectivity index (χ1n) is 7.04. The summed E-state index contributed by atoms with van der Waals surface area (Å²) in [5.74, 6) is -0.326. The third kappa shape index (κ3) is 3.27.